The number of primary amides is 1. The molecule has 0 radical (unpaired) electrons. The first-order valence-electron chi connectivity index (χ1n) is 4.34. The molecule has 0 bridgehead atoms. The number of hydrogen-bond acceptors (Lipinski definition) is 2. The summed E-state index contributed by atoms with van der Waals surface area (Å²) in [7, 11) is 1.53. The Bertz CT molecular complexity index is 357. The van der Waals surface area contributed by atoms with Crippen LogP contribution in [0.4, 0.5) is 0 Å². The lowest BCUT2D eigenvalue weighted by atomic mass is 10.1. The van der Waals surface area contributed by atoms with Crippen molar-refractivity contribution < 1.29 is 9.53 Å². The van der Waals surface area contributed by atoms with E-state index in [0.29, 0.717) is 22.2 Å². The summed E-state index contributed by atoms with van der Waals surface area (Å²) in [6.07, 6.45) is 0.669. The van der Waals surface area contributed by atoms with E-state index in [4.69, 9.17) is 33.7 Å². The standard InChI is InChI=1S/C10H11Cl2NO2/c1-15-6-4-8(11)7(9(12)5-6)2-3-10(13)14/h4-5H,2-3H2,1H3,(H2,13,14). The molecule has 0 fully saturated rings. The van der Waals surface area contributed by atoms with Crippen molar-refractivity contribution in [2.24, 2.45) is 5.73 Å². The molecule has 0 saturated carbocycles. The van der Waals surface area contributed by atoms with Crippen LogP contribution < -0.4 is 10.5 Å². The molecule has 15 heavy (non-hydrogen) atoms. The molecule has 0 spiro atoms. The number of benzene rings is 1. The first-order valence-corrected chi connectivity index (χ1v) is 5.10. The lowest BCUT2D eigenvalue weighted by Crippen LogP contribution is -2.11. The van der Waals surface area contributed by atoms with Crippen molar-refractivity contribution in [2.75, 3.05) is 7.11 Å². The third-order valence-electron chi connectivity index (χ3n) is 1.97. The van der Waals surface area contributed by atoms with Crippen LogP contribution in [0.3, 0.4) is 0 Å². The molecule has 1 rings (SSSR count). The fourth-order valence-corrected chi connectivity index (χ4v) is 1.84. The van der Waals surface area contributed by atoms with Gasteiger partial charge in [0.05, 0.1) is 7.11 Å². The highest BCUT2D eigenvalue weighted by atomic mass is 35.5. The maximum absolute atomic E-state index is 10.6. The fraction of sp³-hybridized carbons (Fsp3) is 0.300. The molecule has 0 atom stereocenters. The molecule has 1 amide bonds. The predicted molar refractivity (Wildman–Crippen MR) is 60.5 cm³/mol. The van der Waals surface area contributed by atoms with E-state index in [9.17, 15) is 4.79 Å². The summed E-state index contributed by atoms with van der Waals surface area (Å²) in [5, 5.41) is 0.973. The van der Waals surface area contributed by atoms with Gasteiger partial charge in [0.25, 0.3) is 0 Å². The molecule has 1 aromatic rings. The number of halogens is 2. The summed E-state index contributed by atoms with van der Waals surface area (Å²) in [6, 6.07) is 3.31. The van der Waals surface area contributed by atoms with Gasteiger partial charge in [-0.1, -0.05) is 23.2 Å². The number of hydrogen-bond donors (Lipinski definition) is 1. The van der Waals surface area contributed by atoms with Crippen LogP contribution in [0.25, 0.3) is 0 Å². The van der Waals surface area contributed by atoms with Crippen molar-refractivity contribution in [3.8, 4) is 5.75 Å². The highest BCUT2D eigenvalue weighted by Gasteiger charge is 2.09. The molecular formula is C10H11Cl2NO2. The zero-order chi connectivity index (χ0) is 11.4. The van der Waals surface area contributed by atoms with Crippen LogP contribution in [0.1, 0.15) is 12.0 Å². The lowest BCUT2D eigenvalue weighted by molar-refractivity contribution is -0.117. The van der Waals surface area contributed by atoms with Gasteiger partial charge in [-0.05, 0) is 24.1 Å². The van der Waals surface area contributed by atoms with Gasteiger partial charge >= 0.3 is 0 Å². The van der Waals surface area contributed by atoms with Gasteiger partial charge in [-0.15, -0.1) is 0 Å². The lowest BCUT2D eigenvalue weighted by Gasteiger charge is -2.08. The number of carbonyl (C=O) groups is 1. The molecule has 0 aliphatic rings. The second-order valence-corrected chi connectivity index (χ2v) is 3.85. The zero-order valence-electron chi connectivity index (χ0n) is 8.22. The Labute approximate surface area is 98.1 Å². The summed E-state index contributed by atoms with van der Waals surface area (Å²) in [5.74, 6) is 0.214. The van der Waals surface area contributed by atoms with E-state index < -0.39 is 0 Å². The van der Waals surface area contributed by atoms with Crippen LogP contribution >= 0.6 is 23.2 Å². The topological polar surface area (TPSA) is 52.3 Å². The number of carbonyl (C=O) groups excluding carboxylic acids is 1. The molecule has 0 aromatic heterocycles. The molecule has 0 aliphatic carbocycles. The van der Waals surface area contributed by atoms with E-state index in [2.05, 4.69) is 0 Å². The Kier molecular flexibility index (Phi) is 4.24. The van der Waals surface area contributed by atoms with E-state index in [1.54, 1.807) is 12.1 Å². The highest BCUT2D eigenvalue weighted by Crippen LogP contribution is 2.30. The molecule has 5 heteroatoms. The molecule has 3 nitrogen and oxygen atoms in total. The van der Waals surface area contributed by atoms with E-state index in [1.807, 2.05) is 0 Å². The van der Waals surface area contributed by atoms with Gasteiger partial charge < -0.3 is 10.5 Å². The SMILES string of the molecule is COc1cc(Cl)c(CCC(N)=O)c(Cl)c1. The van der Waals surface area contributed by atoms with Crippen molar-refractivity contribution in [1.82, 2.24) is 0 Å². The van der Waals surface area contributed by atoms with Gasteiger partial charge in [0, 0.05) is 16.5 Å². The van der Waals surface area contributed by atoms with Gasteiger partial charge in [0.1, 0.15) is 5.75 Å². The van der Waals surface area contributed by atoms with Gasteiger partial charge in [-0.3, -0.25) is 4.79 Å². The average molecular weight is 248 g/mol. The largest absolute Gasteiger partial charge is 0.497 e. The molecule has 82 valence electrons. The first kappa shape index (κ1) is 12.1. The quantitative estimate of drug-likeness (QED) is 0.889. The summed E-state index contributed by atoms with van der Waals surface area (Å²) >= 11 is 12.0. The first-order chi connectivity index (χ1) is 7.04. The smallest absolute Gasteiger partial charge is 0.217 e. The predicted octanol–water partition coefficient (Wildman–Crippen LogP) is 2.42. The third kappa shape index (κ3) is 3.29. The maximum atomic E-state index is 10.6. The van der Waals surface area contributed by atoms with E-state index >= 15 is 0 Å². The minimum Gasteiger partial charge on any atom is -0.497 e. The normalized spacial score (nSPS) is 10.1. The summed E-state index contributed by atoms with van der Waals surface area (Å²) in [5.41, 5.74) is 5.77. The van der Waals surface area contributed by atoms with Crippen LogP contribution in [0.5, 0.6) is 5.75 Å². The summed E-state index contributed by atoms with van der Waals surface area (Å²) < 4.78 is 5.00. The van der Waals surface area contributed by atoms with Crippen molar-refractivity contribution in [1.29, 1.82) is 0 Å². The highest BCUT2D eigenvalue weighted by molar-refractivity contribution is 6.36. The van der Waals surface area contributed by atoms with E-state index in [1.165, 1.54) is 7.11 Å². The van der Waals surface area contributed by atoms with Crippen LogP contribution in [0.2, 0.25) is 10.0 Å². The van der Waals surface area contributed by atoms with Gasteiger partial charge in [0.15, 0.2) is 0 Å². The summed E-state index contributed by atoms with van der Waals surface area (Å²) in [6.45, 7) is 0. The number of methoxy groups -OCH3 is 1. The summed E-state index contributed by atoms with van der Waals surface area (Å²) in [4.78, 5) is 10.6. The molecular weight excluding hydrogens is 237 g/mol. The second kappa shape index (κ2) is 5.24. The maximum Gasteiger partial charge on any atom is 0.217 e. The number of nitrogens with two attached hydrogens (primary N) is 1. The number of amides is 1. The van der Waals surface area contributed by atoms with Crippen LogP contribution in [-0.4, -0.2) is 13.0 Å². The van der Waals surface area contributed by atoms with Gasteiger partial charge in [0.2, 0.25) is 5.91 Å². The van der Waals surface area contributed by atoms with Gasteiger partial charge in [-0.2, -0.15) is 0 Å². The molecule has 0 saturated heterocycles. The van der Waals surface area contributed by atoms with Crippen LogP contribution in [-0.2, 0) is 11.2 Å². The Morgan fingerprint density at radius 1 is 1.40 bits per heavy atom. The van der Waals surface area contributed by atoms with E-state index in [0.717, 1.165) is 5.56 Å². The molecule has 2 N–H and O–H groups in total. The number of ether oxygens (including phenoxy) is 1. The third-order valence-corrected chi connectivity index (χ3v) is 2.65. The van der Waals surface area contributed by atoms with E-state index in [-0.39, 0.29) is 12.3 Å². The van der Waals surface area contributed by atoms with Gasteiger partial charge in [-0.25, -0.2) is 0 Å². The fourth-order valence-electron chi connectivity index (χ4n) is 1.18. The molecule has 1 aromatic carbocycles. The minimum absolute atomic E-state index is 0.228. The molecule has 0 heterocycles. The minimum atomic E-state index is -0.377. The van der Waals surface area contributed by atoms with Crippen LogP contribution in [0.15, 0.2) is 12.1 Å². The zero-order valence-corrected chi connectivity index (χ0v) is 9.73. The van der Waals surface area contributed by atoms with Crippen LogP contribution in [0, 0.1) is 0 Å². The molecule has 0 aliphatic heterocycles. The van der Waals surface area contributed by atoms with Crippen molar-refractivity contribution in [2.45, 2.75) is 12.8 Å². The average Bonchev–Trinajstić information content (AvgIpc) is 2.15. The van der Waals surface area contributed by atoms with Crippen molar-refractivity contribution in [3.63, 3.8) is 0 Å². The number of rotatable bonds is 4. The Morgan fingerprint density at radius 2 is 1.93 bits per heavy atom. The second-order valence-electron chi connectivity index (χ2n) is 3.04. The monoisotopic (exact) mass is 247 g/mol. The Hall–Kier alpha value is -0.930. The molecule has 0 unspecified atom stereocenters. The Morgan fingerprint density at radius 3 is 2.33 bits per heavy atom. The van der Waals surface area contributed by atoms with Crippen molar-refractivity contribution in [3.05, 3.63) is 27.7 Å². The van der Waals surface area contributed by atoms with Crippen molar-refractivity contribution >= 4 is 29.1 Å². The Balaban J connectivity index is 2.92.